The molecule has 2 N–H and O–H groups in total. The molecule has 1 saturated carbocycles. The molecule has 0 radical (unpaired) electrons. The van der Waals surface area contributed by atoms with Crippen LogP contribution in [0.2, 0.25) is 0 Å². The fourth-order valence-corrected chi connectivity index (χ4v) is 5.00. The van der Waals surface area contributed by atoms with Crippen LogP contribution in [-0.2, 0) is 33.1 Å². The molecule has 0 saturated heterocycles. The zero-order chi connectivity index (χ0) is 22.4. The molecule has 2 heterocycles. The first-order chi connectivity index (χ1) is 14.6. The quantitative estimate of drug-likeness (QED) is 0.706. The van der Waals surface area contributed by atoms with E-state index in [0.717, 1.165) is 37.7 Å². The number of benzene rings is 1. The van der Waals surface area contributed by atoms with Gasteiger partial charge in [0.25, 0.3) is 11.5 Å². The lowest BCUT2D eigenvalue weighted by atomic mass is 9.68. The number of nitrogens with one attached hydrogen (secondary N) is 1. The second kappa shape index (κ2) is 7.72. The lowest BCUT2D eigenvalue weighted by Crippen LogP contribution is -2.44. The van der Waals surface area contributed by atoms with Gasteiger partial charge in [0.05, 0.1) is 30.1 Å². The Bertz CT molecular complexity index is 1220. The summed E-state index contributed by atoms with van der Waals surface area (Å²) in [6.45, 7) is 0.666. The number of carbonyl (C=O) groups is 1. The smallest absolute Gasteiger partial charge is 0.296 e. The highest BCUT2D eigenvalue weighted by Gasteiger charge is 2.45. The molecule has 1 aliphatic heterocycles. The van der Waals surface area contributed by atoms with Gasteiger partial charge in [0, 0.05) is 12.8 Å². The highest BCUT2D eigenvalue weighted by Crippen LogP contribution is 2.44. The van der Waals surface area contributed by atoms with Gasteiger partial charge in [-0.25, -0.2) is 17.8 Å². The lowest BCUT2D eigenvalue weighted by molar-refractivity contribution is 0.0532. The van der Waals surface area contributed by atoms with Gasteiger partial charge in [0.1, 0.15) is 11.6 Å². The standard InChI is InChI=1S/C20H22FN3O6S/c1-31(28,29)14-9-13(21)4-3-12(14)10-22-17(26)15-16(25)18(27)24-7-8-30-11-20(5-2-6-20)19(24)23-15/h3-4,9,25H,2,5-8,10-11H2,1H3,(H,22,26). The van der Waals surface area contributed by atoms with Crippen LogP contribution >= 0.6 is 0 Å². The van der Waals surface area contributed by atoms with Crippen molar-refractivity contribution in [2.24, 2.45) is 0 Å². The first-order valence-electron chi connectivity index (χ1n) is 9.81. The summed E-state index contributed by atoms with van der Waals surface area (Å²) in [5.74, 6) is -1.91. The van der Waals surface area contributed by atoms with Crippen molar-refractivity contribution in [3.05, 3.63) is 51.5 Å². The molecule has 31 heavy (non-hydrogen) atoms. The topological polar surface area (TPSA) is 128 Å². The van der Waals surface area contributed by atoms with Crippen LogP contribution in [0.3, 0.4) is 0 Å². The second-order valence-electron chi connectivity index (χ2n) is 7.98. The van der Waals surface area contributed by atoms with Gasteiger partial charge in [-0.1, -0.05) is 12.5 Å². The van der Waals surface area contributed by atoms with Crippen molar-refractivity contribution in [3.8, 4) is 5.75 Å². The number of nitrogens with zero attached hydrogens (tertiary/aromatic N) is 2. The maximum atomic E-state index is 13.5. The first-order valence-corrected chi connectivity index (χ1v) is 11.7. The number of hydrogen-bond donors (Lipinski definition) is 2. The summed E-state index contributed by atoms with van der Waals surface area (Å²) in [6, 6.07) is 3.22. The molecule has 166 valence electrons. The molecule has 11 heteroatoms. The fraction of sp³-hybridized carbons (Fsp3) is 0.450. The molecule has 9 nitrogen and oxygen atoms in total. The van der Waals surface area contributed by atoms with Crippen molar-refractivity contribution in [2.75, 3.05) is 19.5 Å². The van der Waals surface area contributed by atoms with E-state index in [9.17, 15) is 27.5 Å². The van der Waals surface area contributed by atoms with Gasteiger partial charge in [0.15, 0.2) is 15.5 Å². The Labute approximate surface area is 177 Å². The molecule has 1 fully saturated rings. The minimum atomic E-state index is -3.73. The van der Waals surface area contributed by atoms with E-state index in [-0.39, 0.29) is 23.5 Å². The number of halogens is 1. The molecule has 1 spiro atoms. The molecule has 0 unspecified atom stereocenters. The van der Waals surface area contributed by atoms with E-state index in [1.54, 1.807) is 0 Å². The molecular weight excluding hydrogens is 429 g/mol. The van der Waals surface area contributed by atoms with Crippen LogP contribution in [0, 0.1) is 5.82 Å². The number of aromatic nitrogens is 2. The van der Waals surface area contributed by atoms with Crippen LogP contribution in [0.25, 0.3) is 0 Å². The largest absolute Gasteiger partial charge is 0.501 e. The highest BCUT2D eigenvalue weighted by atomic mass is 32.2. The van der Waals surface area contributed by atoms with Crippen LogP contribution in [0.5, 0.6) is 5.75 Å². The van der Waals surface area contributed by atoms with E-state index in [1.165, 1.54) is 10.6 Å². The molecule has 2 aromatic rings. The number of hydrogen-bond acceptors (Lipinski definition) is 7. The predicted octanol–water partition coefficient (Wildman–Crippen LogP) is 0.873. The van der Waals surface area contributed by atoms with Gasteiger partial charge in [-0.3, -0.25) is 14.2 Å². The van der Waals surface area contributed by atoms with Crippen molar-refractivity contribution in [2.45, 2.75) is 42.7 Å². The average molecular weight is 451 g/mol. The molecule has 0 atom stereocenters. The third kappa shape index (κ3) is 3.83. The van der Waals surface area contributed by atoms with Crippen molar-refractivity contribution < 1.29 is 27.4 Å². The number of aromatic hydroxyl groups is 1. The van der Waals surface area contributed by atoms with Crippen molar-refractivity contribution >= 4 is 15.7 Å². The Balaban J connectivity index is 1.67. The maximum absolute atomic E-state index is 13.5. The summed E-state index contributed by atoms with van der Waals surface area (Å²) in [5.41, 5.74) is -1.43. The Hall–Kier alpha value is -2.79. The van der Waals surface area contributed by atoms with Crippen molar-refractivity contribution in [1.82, 2.24) is 14.9 Å². The summed E-state index contributed by atoms with van der Waals surface area (Å²) in [4.78, 5) is 29.6. The van der Waals surface area contributed by atoms with Gasteiger partial charge in [-0.15, -0.1) is 0 Å². The predicted molar refractivity (Wildman–Crippen MR) is 107 cm³/mol. The Kier molecular flexibility index (Phi) is 5.34. The molecule has 2 aliphatic rings. The minimum absolute atomic E-state index is 0.173. The normalized spacial score (nSPS) is 17.5. The number of carbonyl (C=O) groups excluding carboxylic acids is 1. The van der Waals surface area contributed by atoms with Gasteiger partial charge in [-0.05, 0) is 30.5 Å². The SMILES string of the molecule is CS(=O)(=O)c1cc(F)ccc1CNC(=O)c1nc2n(c(=O)c1O)CCOCC21CCC1. The fourth-order valence-electron chi connectivity index (χ4n) is 4.05. The zero-order valence-electron chi connectivity index (χ0n) is 16.9. The molecule has 1 aromatic carbocycles. The number of rotatable bonds is 4. The summed E-state index contributed by atoms with van der Waals surface area (Å²) >= 11 is 0. The zero-order valence-corrected chi connectivity index (χ0v) is 17.7. The summed E-state index contributed by atoms with van der Waals surface area (Å²) in [7, 11) is -3.73. The summed E-state index contributed by atoms with van der Waals surface area (Å²) in [5, 5.41) is 12.8. The first kappa shape index (κ1) is 21.4. The highest BCUT2D eigenvalue weighted by molar-refractivity contribution is 7.90. The molecule has 1 aliphatic carbocycles. The van der Waals surface area contributed by atoms with Crippen LogP contribution in [0.1, 0.15) is 41.1 Å². The van der Waals surface area contributed by atoms with E-state index < -0.39 is 44.0 Å². The Morgan fingerprint density at radius 2 is 2.13 bits per heavy atom. The molecule has 4 rings (SSSR count). The number of amides is 1. The van der Waals surface area contributed by atoms with E-state index >= 15 is 0 Å². The average Bonchev–Trinajstić information content (AvgIpc) is 2.88. The van der Waals surface area contributed by atoms with Crippen LogP contribution < -0.4 is 10.9 Å². The van der Waals surface area contributed by atoms with Gasteiger partial charge in [-0.2, -0.15) is 0 Å². The molecule has 1 aromatic heterocycles. The van der Waals surface area contributed by atoms with E-state index in [4.69, 9.17) is 4.74 Å². The van der Waals surface area contributed by atoms with Crippen LogP contribution in [0.4, 0.5) is 4.39 Å². The third-order valence-corrected chi connectivity index (χ3v) is 7.03. The van der Waals surface area contributed by atoms with E-state index in [0.29, 0.717) is 19.0 Å². The van der Waals surface area contributed by atoms with Crippen molar-refractivity contribution in [3.63, 3.8) is 0 Å². The second-order valence-corrected chi connectivity index (χ2v) is 9.97. The Morgan fingerprint density at radius 3 is 2.77 bits per heavy atom. The monoisotopic (exact) mass is 451 g/mol. The number of sulfone groups is 1. The number of fused-ring (bicyclic) bond motifs is 2. The molecule has 0 bridgehead atoms. The van der Waals surface area contributed by atoms with Crippen LogP contribution in [0.15, 0.2) is 27.9 Å². The lowest BCUT2D eigenvalue weighted by Gasteiger charge is -2.40. The van der Waals surface area contributed by atoms with E-state index in [1.807, 2.05) is 0 Å². The van der Waals surface area contributed by atoms with Gasteiger partial charge >= 0.3 is 0 Å². The summed E-state index contributed by atoms with van der Waals surface area (Å²) < 4.78 is 44.4. The maximum Gasteiger partial charge on any atom is 0.296 e. The summed E-state index contributed by atoms with van der Waals surface area (Å²) in [6.07, 6.45) is 3.41. The minimum Gasteiger partial charge on any atom is -0.501 e. The van der Waals surface area contributed by atoms with E-state index in [2.05, 4.69) is 10.3 Å². The molecular formula is C20H22FN3O6S. The molecule has 1 amide bonds. The van der Waals surface area contributed by atoms with Gasteiger partial charge in [0.2, 0.25) is 5.75 Å². The third-order valence-electron chi connectivity index (χ3n) is 5.85. The number of ether oxygens (including phenoxy) is 1. The van der Waals surface area contributed by atoms with Crippen molar-refractivity contribution in [1.29, 1.82) is 0 Å². The van der Waals surface area contributed by atoms with Crippen LogP contribution in [-0.4, -0.2) is 48.5 Å². The Morgan fingerprint density at radius 1 is 1.39 bits per heavy atom. The van der Waals surface area contributed by atoms with Gasteiger partial charge < -0.3 is 15.2 Å².